The molecule has 1 N–H and O–H groups in total. The van der Waals surface area contributed by atoms with Crippen LogP contribution in [-0.4, -0.2) is 90.1 Å². The van der Waals surface area contributed by atoms with Gasteiger partial charge in [0.05, 0.1) is 13.2 Å². The molecule has 1 amide bonds. The van der Waals surface area contributed by atoms with Crippen molar-refractivity contribution in [1.82, 2.24) is 14.9 Å². The number of aromatic nitrogens is 2. The van der Waals surface area contributed by atoms with Crippen LogP contribution < -0.4 is 4.90 Å². The van der Waals surface area contributed by atoms with Gasteiger partial charge in [0.25, 0.3) is 5.91 Å². The molecule has 1 aromatic heterocycles. The summed E-state index contributed by atoms with van der Waals surface area (Å²) < 4.78 is 43.2. The minimum atomic E-state index is -5.08. The molecule has 1 aromatic rings. The minimum Gasteiger partial charge on any atom is -0.475 e. The van der Waals surface area contributed by atoms with Crippen molar-refractivity contribution in [3.63, 3.8) is 0 Å². The number of hydrogen-bond acceptors (Lipinski definition) is 7. The Morgan fingerprint density at radius 2 is 1.87 bits per heavy atom. The minimum absolute atomic E-state index is 0.0377. The fourth-order valence-corrected chi connectivity index (χ4v) is 3.96. The Hall–Kier alpha value is -2.47. The Morgan fingerprint density at radius 3 is 2.48 bits per heavy atom. The van der Waals surface area contributed by atoms with Gasteiger partial charge in [-0.05, 0) is 25.3 Å². The van der Waals surface area contributed by atoms with Crippen LogP contribution in [-0.2, 0) is 19.1 Å². The van der Waals surface area contributed by atoms with E-state index in [0.29, 0.717) is 26.4 Å². The van der Waals surface area contributed by atoms with Crippen molar-refractivity contribution >= 4 is 17.8 Å². The number of rotatable bonds is 2. The Morgan fingerprint density at radius 1 is 1.16 bits per heavy atom. The smallest absolute Gasteiger partial charge is 0.475 e. The first-order valence-electron chi connectivity index (χ1n) is 10.0. The second-order valence-electron chi connectivity index (χ2n) is 7.84. The fraction of sp³-hybridized carbons (Fsp3) is 0.684. The van der Waals surface area contributed by atoms with Crippen molar-refractivity contribution in [2.75, 3.05) is 50.9 Å². The lowest BCUT2D eigenvalue weighted by Gasteiger charge is -2.32. The van der Waals surface area contributed by atoms with E-state index < -0.39 is 12.1 Å². The Balaban J connectivity index is 0.000000339. The van der Waals surface area contributed by atoms with Gasteiger partial charge in [-0.1, -0.05) is 0 Å². The number of carboxylic acids is 1. The first kappa shape index (κ1) is 23.2. The number of nitrogens with zero attached hydrogens (tertiary/aromatic N) is 4. The number of aliphatic carboxylic acids is 1. The first-order chi connectivity index (χ1) is 14.7. The highest BCUT2D eigenvalue weighted by Crippen LogP contribution is 2.35. The van der Waals surface area contributed by atoms with Crippen LogP contribution in [0.15, 0.2) is 18.5 Å². The van der Waals surface area contributed by atoms with Gasteiger partial charge < -0.3 is 24.4 Å². The number of ether oxygens (including phenoxy) is 2. The molecule has 3 fully saturated rings. The van der Waals surface area contributed by atoms with Gasteiger partial charge in [0.2, 0.25) is 5.95 Å². The van der Waals surface area contributed by atoms with Crippen molar-refractivity contribution < 1.29 is 37.3 Å². The number of hydrogen-bond donors (Lipinski definition) is 1. The topological polar surface area (TPSA) is 105 Å². The normalized spacial score (nSPS) is 26.4. The van der Waals surface area contributed by atoms with E-state index in [1.54, 1.807) is 12.4 Å². The molecule has 0 bridgehead atoms. The summed E-state index contributed by atoms with van der Waals surface area (Å²) in [5, 5.41) is 7.12. The predicted octanol–water partition coefficient (Wildman–Crippen LogP) is 1.34. The highest BCUT2D eigenvalue weighted by atomic mass is 19.4. The third-order valence-corrected chi connectivity index (χ3v) is 5.47. The number of carbonyl (C=O) groups excluding carboxylic acids is 1. The molecular weight excluding hydrogens is 421 g/mol. The fourth-order valence-electron chi connectivity index (χ4n) is 3.96. The van der Waals surface area contributed by atoms with Crippen LogP contribution in [0, 0.1) is 5.41 Å². The SMILES string of the molecule is O=C(C1CCCO1)N1CCOCC2(CCN(c3ncccn3)C2)C1.O=C(O)C(F)(F)F. The van der Waals surface area contributed by atoms with E-state index in [-0.39, 0.29) is 17.4 Å². The molecule has 2 atom stereocenters. The third-order valence-electron chi connectivity index (χ3n) is 5.47. The maximum Gasteiger partial charge on any atom is 0.490 e. The average Bonchev–Trinajstić information content (AvgIpc) is 3.36. The van der Waals surface area contributed by atoms with Gasteiger partial charge in [0.15, 0.2) is 0 Å². The lowest BCUT2D eigenvalue weighted by Crippen LogP contribution is -2.46. The molecule has 172 valence electrons. The summed E-state index contributed by atoms with van der Waals surface area (Å²) in [6.07, 6.45) is 1.00. The van der Waals surface area contributed by atoms with Crippen LogP contribution in [0.2, 0.25) is 0 Å². The average molecular weight is 446 g/mol. The molecule has 0 radical (unpaired) electrons. The third kappa shape index (κ3) is 6.03. The summed E-state index contributed by atoms with van der Waals surface area (Å²) in [6, 6.07) is 1.83. The molecule has 1 spiro atoms. The van der Waals surface area contributed by atoms with E-state index in [2.05, 4.69) is 14.9 Å². The lowest BCUT2D eigenvalue weighted by atomic mass is 9.87. The number of carbonyl (C=O) groups is 2. The summed E-state index contributed by atoms with van der Waals surface area (Å²) in [7, 11) is 0. The van der Waals surface area contributed by atoms with Crippen LogP contribution in [0.3, 0.4) is 0 Å². The van der Waals surface area contributed by atoms with Crippen molar-refractivity contribution in [2.24, 2.45) is 5.41 Å². The largest absolute Gasteiger partial charge is 0.490 e. The van der Waals surface area contributed by atoms with E-state index in [0.717, 1.165) is 44.8 Å². The van der Waals surface area contributed by atoms with Gasteiger partial charge in [-0.3, -0.25) is 4.79 Å². The molecule has 4 heterocycles. The molecular formula is C19H25F3N4O5. The van der Waals surface area contributed by atoms with Crippen LogP contribution in [0.25, 0.3) is 0 Å². The van der Waals surface area contributed by atoms with Crippen LogP contribution in [0.1, 0.15) is 19.3 Å². The number of carboxylic acid groups (broad SMARTS) is 1. The number of amides is 1. The molecule has 4 rings (SSSR count). The lowest BCUT2D eigenvalue weighted by molar-refractivity contribution is -0.192. The number of halogens is 3. The molecule has 3 saturated heterocycles. The second-order valence-corrected chi connectivity index (χ2v) is 7.84. The van der Waals surface area contributed by atoms with Gasteiger partial charge in [-0.25, -0.2) is 14.8 Å². The summed E-state index contributed by atoms with van der Waals surface area (Å²) in [5.74, 6) is -1.87. The zero-order chi connectivity index (χ0) is 22.5. The van der Waals surface area contributed by atoms with Gasteiger partial charge in [0.1, 0.15) is 6.10 Å². The van der Waals surface area contributed by atoms with Gasteiger partial charge in [0, 0.05) is 50.6 Å². The molecule has 0 aromatic carbocycles. The van der Waals surface area contributed by atoms with E-state index in [1.165, 1.54) is 0 Å². The molecule has 0 saturated carbocycles. The van der Waals surface area contributed by atoms with Crippen molar-refractivity contribution in [3.8, 4) is 0 Å². The number of alkyl halides is 3. The molecule has 2 unspecified atom stereocenters. The number of anilines is 1. The summed E-state index contributed by atoms with van der Waals surface area (Å²) >= 11 is 0. The van der Waals surface area contributed by atoms with Gasteiger partial charge >= 0.3 is 12.1 Å². The molecule has 3 aliphatic heterocycles. The van der Waals surface area contributed by atoms with Crippen LogP contribution in [0.4, 0.5) is 19.1 Å². The van der Waals surface area contributed by atoms with E-state index in [4.69, 9.17) is 19.4 Å². The quantitative estimate of drug-likeness (QED) is 0.726. The van der Waals surface area contributed by atoms with E-state index in [1.807, 2.05) is 11.0 Å². The predicted molar refractivity (Wildman–Crippen MR) is 101 cm³/mol. The Bertz CT molecular complexity index is 761. The highest BCUT2D eigenvalue weighted by Gasteiger charge is 2.44. The standard InChI is InChI=1S/C17H24N4O3.C2HF3O2/c22-15(14-3-1-9-24-14)20-8-10-23-13-17(11-20)4-7-21(12-17)16-18-5-2-6-19-16;3-2(4,5)1(6)7/h2,5-6,14H,1,3-4,7-13H2;(H,6,7). The summed E-state index contributed by atoms with van der Waals surface area (Å²) in [4.78, 5) is 34.5. The zero-order valence-electron chi connectivity index (χ0n) is 16.9. The van der Waals surface area contributed by atoms with E-state index >= 15 is 0 Å². The molecule has 0 aliphatic carbocycles. The Kier molecular flexibility index (Phi) is 7.31. The molecule has 12 heteroatoms. The van der Waals surface area contributed by atoms with Crippen molar-refractivity contribution in [3.05, 3.63) is 18.5 Å². The Labute approximate surface area is 177 Å². The maximum atomic E-state index is 12.8. The second kappa shape index (κ2) is 9.77. The molecule has 9 nitrogen and oxygen atoms in total. The molecule has 31 heavy (non-hydrogen) atoms. The van der Waals surface area contributed by atoms with Crippen LogP contribution >= 0.6 is 0 Å². The monoisotopic (exact) mass is 446 g/mol. The maximum absolute atomic E-state index is 12.8. The van der Waals surface area contributed by atoms with Crippen LogP contribution in [0.5, 0.6) is 0 Å². The zero-order valence-corrected chi connectivity index (χ0v) is 16.9. The summed E-state index contributed by atoms with van der Waals surface area (Å²) in [6.45, 7) is 5.09. The van der Waals surface area contributed by atoms with Crippen molar-refractivity contribution in [2.45, 2.75) is 31.5 Å². The van der Waals surface area contributed by atoms with Gasteiger partial charge in [-0.2, -0.15) is 13.2 Å². The molecule has 3 aliphatic rings. The summed E-state index contributed by atoms with van der Waals surface area (Å²) in [5.41, 5.74) is -0.0377. The van der Waals surface area contributed by atoms with Gasteiger partial charge in [-0.15, -0.1) is 0 Å². The van der Waals surface area contributed by atoms with E-state index in [9.17, 15) is 18.0 Å². The highest BCUT2D eigenvalue weighted by molar-refractivity contribution is 5.81. The van der Waals surface area contributed by atoms with Crippen molar-refractivity contribution in [1.29, 1.82) is 0 Å². The first-order valence-corrected chi connectivity index (χ1v) is 10.0.